The van der Waals surface area contributed by atoms with E-state index in [9.17, 15) is 18.8 Å². The molecule has 2 atom stereocenters. The van der Waals surface area contributed by atoms with Crippen LogP contribution in [-0.4, -0.2) is 61.2 Å². The van der Waals surface area contributed by atoms with Crippen LogP contribution < -0.4 is 15.4 Å². The number of hydrogen-bond donors (Lipinski definition) is 2. The molecule has 1 aliphatic heterocycles. The highest BCUT2D eigenvalue weighted by molar-refractivity contribution is 5.94. The Morgan fingerprint density at radius 2 is 1.92 bits per heavy atom. The van der Waals surface area contributed by atoms with Crippen LogP contribution in [0.1, 0.15) is 49.0 Å². The van der Waals surface area contributed by atoms with Gasteiger partial charge in [-0.2, -0.15) is 0 Å². The summed E-state index contributed by atoms with van der Waals surface area (Å²) in [5.74, 6) is -0.221. The molecule has 3 amide bonds. The van der Waals surface area contributed by atoms with Crippen molar-refractivity contribution < 1.29 is 28.2 Å². The van der Waals surface area contributed by atoms with E-state index in [0.717, 1.165) is 12.8 Å². The first-order chi connectivity index (χ1) is 17.3. The van der Waals surface area contributed by atoms with Gasteiger partial charge in [0.05, 0.1) is 13.2 Å². The molecule has 2 N–H and O–H groups in total. The second-order valence-electron chi connectivity index (χ2n) is 9.12. The van der Waals surface area contributed by atoms with Crippen molar-refractivity contribution in [3.8, 4) is 5.75 Å². The number of amides is 3. The zero-order valence-corrected chi connectivity index (χ0v) is 21.0. The molecule has 2 aromatic rings. The number of likely N-dealkylation sites (tertiary alicyclic amines) is 1. The van der Waals surface area contributed by atoms with Crippen molar-refractivity contribution in [2.75, 3.05) is 20.2 Å². The van der Waals surface area contributed by atoms with Gasteiger partial charge >= 0.3 is 6.09 Å². The van der Waals surface area contributed by atoms with Crippen molar-refractivity contribution in [2.45, 2.75) is 57.7 Å². The van der Waals surface area contributed by atoms with Crippen LogP contribution in [0, 0.1) is 5.82 Å². The van der Waals surface area contributed by atoms with E-state index < -0.39 is 18.0 Å². The molecular weight excluding hydrogens is 465 g/mol. The van der Waals surface area contributed by atoms with E-state index in [0.29, 0.717) is 30.0 Å². The van der Waals surface area contributed by atoms with Gasteiger partial charge in [-0.3, -0.25) is 9.59 Å². The minimum Gasteiger partial charge on any atom is -0.497 e. The maximum Gasteiger partial charge on any atom is 0.407 e. The molecule has 194 valence electrons. The fraction of sp³-hybridized carbons (Fsp3) is 0.444. The second-order valence-corrected chi connectivity index (χ2v) is 9.12. The van der Waals surface area contributed by atoms with E-state index in [1.54, 1.807) is 61.2 Å². The number of alkyl carbamates (subject to hydrolysis) is 1. The highest BCUT2D eigenvalue weighted by atomic mass is 19.1. The molecule has 0 bridgehead atoms. The molecular formula is C27H34FN3O5. The molecule has 0 radical (unpaired) electrons. The fourth-order valence-corrected chi connectivity index (χ4v) is 4.30. The van der Waals surface area contributed by atoms with E-state index in [2.05, 4.69) is 10.6 Å². The van der Waals surface area contributed by atoms with Crippen molar-refractivity contribution >= 4 is 17.9 Å². The maximum atomic E-state index is 14.3. The third-order valence-electron chi connectivity index (χ3n) is 6.04. The Hall–Kier alpha value is -3.62. The van der Waals surface area contributed by atoms with Crippen LogP contribution in [-0.2, 0) is 16.0 Å². The Morgan fingerprint density at radius 3 is 2.64 bits per heavy atom. The van der Waals surface area contributed by atoms with E-state index in [1.165, 1.54) is 13.2 Å². The number of carbonyl (C=O) groups is 3. The Labute approximate surface area is 211 Å². The molecule has 1 unspecified atom stereocenters. The molecule has 0 spiro atoms. The van der Waals surface area contributed by atoms with Crippen LogP contribution in [0.3, 0.4) is 0 Å². The number of methoxy groups -OCH3 is 1. The summed E-state index contributed by atoms with van der Waals surface area (Å²) in [6.07, 6.45) is 0.726. The minimum absolute atomic E-state index is 0.0120. The third-order valence-corrected chi connectivity index (χ3v) is 6.04. The lowest BCUT2D eigenvalue weighted by molar-refractivity contribution is -0.132. The fourth-order valence-electron chi connectivity index (χ4n) is 4.30. The smallest absolute Gasteiger partial charge is 0.407 e. The Balaban J connectivity index is 1.63. The first-order valence-corrected chi connectivity index (χ1v) is 12.2. The minimum atomic E-state index is -0.650. The first-order valence-electron chi connectivity index (χ1n) is 12.2. The molecule has 1 heterocycles. The number of rotatable bonds is 10. The van der Waals surface area contributed by atoms with Gasteiger partial charge in [-0.1, -0.05) is 24.3 Å². The van der Waals surface area contributed by atoms with E-state index in [4.69, 9.17) is 9.47 Å². The normalized spacial score (nSPS) is 15.9. The average molecular weight is 500 g/mol. The maximum absolute atomic E-state index is 14.3. The van der Waals surface area contributed by atoms with Gasteiger partial charge in [0.15, 0.2) is 0 Å². The van der Waals surface area contributed by atoms with E-state index in [1.807, 2.05) is 0 Å². The van der Waals surface area contributed by atoms with Gasteiger partial charge in [0.25, 0.3) is 5.91 Å². The largest absolute Gasteiger partial charge is 0.497 e. The van der Waals surface area contributed by atoms with Gasteiger partial charge in [-0.25, -0.2) is 9.18 Å². The number of halogens is 1. The summed E-state index contributed by atoms with van der Waals surface area (Å²) in [5.41, 5.74) is 0.881. The SMILES string of the molecule is COc1cccc(C(=O)NC[C@@H]2CCCN2C(=O)CC(Cc2ccccc2F)NC(=O)OC(C)C)c1. The van der Waals surface area contributed by atoms with Crippen LogP contribution in [0.25, 0.3) is 0 Å². The Bertz CT molecular complexity index is 1060. The van der Waals surface area contributed by atoms with E-state index >= 15 is 0 Å². The molecule has 2 aromatic carbocycles. The molecule has 0 aromatic heterocycles. The van der Waals surface area contributed by atoms with Crippen LogP contribution in [0.15, 0.2) is 48.5 Å². The number of nitrogens with zero attached hydrogens (tertiary/aromatic N) is 1. The number of hydrogen-bond acceptors (Lipinski definition) is 5. The first kappa shape index (κ1) is 27.0. The molecule has 3 rings (SSSR count). The van der Waals surface area contributed by atoms with E-state index in [-0.39, 0.29) is 36.8 Å². The van der Waals surface area contributed by atoms with Crippen LogP contribution in [0.5, 0.6) is 5.75 Å². The summed E-state index contributed by atoms with van der Waals surface area (Å²) in [6, 6.07) is 12.3. The van der Waals surface area contributed by atoms with Crippen molar-refractivity contribution in [3.63, 3.8) is 0 Å². The average Bonchev–Trinajstić information content (AvgIpc) is 3.32. The zero-order chi connectivity index (χ0) is 26.1. The monoisotopic (exact) mass is 499 g/mol. The standard InChI is InChI=1S/C27H34FN3O5/c1-18(2)36-27(34)30-21(14-19-8-4-5-12-24(19)28)16-25(32)31-13-7-10-22(31)17-29-26(33)20-9-6-11-23(15-20)35-3/h4-6,8-9,11-12,15,18,21-22H,7,10,13-14,16-17H2,1-3H3,(H,29,33)(H,30,34)/t21?,22-/m0/s1. The summed E-state index contributed by atoms with van der Waals surface area (Å²) >= 11 is 0. The van der Waals surface area contributed by atoms with Crippen LogP contribution in [0.2, 0.25) is 0 Å². The highest BCUT2D eigenvalue weighted by Crippen LogP contribution is 2.20. The van der Waals surface area contributed by atoms with Gasteiger partial charge in [-0.05, 0) is 62.9 Å². The van der Waals surface area contributed by atoms with Gasteiger partial charge in [0.1, 0.15) is 11.6 Å². The predicted octanol–water partition coefficient (Wildman–Crippen LogP) is 3.69. The molecule has 1 fully saturated rings. The molecule has 0 aliphatic carbocycles. The number of carbonyl (C=O) groups excluding carboxylic acids is 3. The topological polar surface area (TPSA) is 97.0 Å². The Morgan fingerprint density at radius 1 is 1.14 bits per heavy atom. The molecule has 1 saturated heterocycles. The summed E-state index contributed by atoms with van der Waals surface area (Å²) in [7, 11) is 1.54. The Kier molecular flexibility index (Phi) is 9.67. The lowest BCUT2D eigenvalue weighted by atomic mass is 10.0. The van der Waals surface area contributed by atoms with Crippen LogP contribution >= 0.6 is 0 Å². The summed E-state index contributed by atoms with van der Waals surface area (Å²) in [4.78, 5) is 39.8. The lowest BCUT2D eigenvalue weighted by Crippen LogP contribution is -2.46. The van der Waals surface area contributed by atoms with Crippen molar-refractivity contribution in [1.29, 1.82) is 0 Å². The van der Waals surface area contributed by atoms with Gasteiger partial charge < -0.3 is 25.0 Å². The number of benzene rings is 2. The van der Waals surface area contributed by atoms with Crippen molar-refractivity contribution in [2.24, 2.45) is 0 Å². The predicted molar refractivity (Wildman–Crippen MR) is 133 cm³/mol. The lowest BCUT2D eigenvalue weighted by Gasteiger charge is -2.27. The summed E-state index contributed by atoms with van der Waals surface area (Å²) in [6.45, 7) is 4.32. The van der Waals surface area contributed by atoms with Crippen molar-refractivity contribution in [1.82, 2.24) is 15.5 Å². The van der Waals surface area contributed by atoms with Gasteiger partial charge in [0, 0.05) is 37.2 Å². The molecule has 1 aliphatic rings. The second kappa shape index (κ2) is 12.9. The van der Waals surface area contributed by atoms with Crippen molar-refractivity contribution in [3.05, 3.63) is 65.5 Å². The van der Waals surface area contributed by atoms with Gasteiger partial charge in [0.2, 0.25) is 5.91 Å². The molecule has 9 heteroatoms. The highest BCUT2D eigenvalue weighted by Gasteiger charge is 2.31. The molecule has 8 nitrogen and oxygen atoms in total. The number of ether oxygens (including phenoxy) is 2. The molecule has 0 saturated carbocycles. The third kappa shape index (κ3) is 7.69. The zero-order valence-electron chi connectivity index (χ0n) is 21.0. The number of nitrogens with one attached hydrogen (secondary N) is 2. The molecule has 36 heavy (non-hydrogen) atoms. The quantitative estimate of drug-likeness (QED) is 0.520. The summed E-state index contributed by atoms with van der Waals surface area (Å²) in [5, 5.41) is 5.62. The van der Waals surface area contributed by atoms with Crippen LogP contribution in [0.4, 0.5) is 9.18 Å². The van der Waals surface area contributed by atoms with Gasteiger partial charge in [-0.15, -0.1) is 0 Å². The summed E-state index contributed by atoms with van der Waals surface area (Å²) < 4.78 is 24.6.